The molecule has 134 valence electrons. The van der Waals surface area contributed by atoms with Crippen molar-refractivity contribution in [1.29, 1.82) is 0 Å². The molecule has 1 saturated heterocycles. The molecule has 0 aliphatic carbocycles. The molecule has 1 aliphatic heterocycles. The van der Waals surface area contributed by atoms with Crippen LogP contribution in [0.4, 0.5) is 0 Å². The van der Waals surface area contributed by atoms with Gasteiger partial charge in [-0.15, -0.1) is 11.3 Å². The molecular formula is C20H22N3O2S+. The summed E-state index contributed by atoms with van der Waals surface area (Å²) >= 11 is 1.77. The van der Waals surface area contributed by atoms with Crippen molar-refractivity contribution < 1.29 is 14.4 Å². The highest BCUT2D eigenvalue weighted by Crippen LogP contribution is 2.21. The number of benzene rings is 2. The fourth-order valence-corrected chi connectivity index (χ4v) is 4.44. The standard InChI is InChI=1S/C20H21N3O2S/c1-25-17-8-4-2-6-15(17)20(24)23-12-10-22(11-13-23)14-19-21-16-7-3-5-9-18(16)26-19/h2-9H,10-14H2,1H3/p+1. The van der Waals surface area contributed by atoms with E-state index in [0.29, 0.717) is 11.3 Å². The molecule has 1 N–H and O–H groups in total. The van der Waals surface area contributed by atoms with Crippen LogP contribution in [-0.4, -0.2) is 49.1 Å². The molecule has 1 amide bonds. The minimum atomic E-state index is 0.0569. The minimum absolute atomic E-state index is 0.0569. The number of rotatable bonds is 4. The number of aromatic nitrogens is 1. The molecule has 1 fully saturated rings. The first-order valence-corrected chi connectivity index (χ1v) is 9.66. The Kier molecular flexibility index (Phi) is 4.86. The van der Waals surface area contributed by atoms with Crippen LogP contribution in [0.25, 0.3) is 10.2 Å². The normalized spacial score (nSPS) is 15.3. The van der Waals surface area contributed by atoms with Crippen molar-refractivity contribution in [3.05, 3.63) is 59.1 Å². The van der Waals surface area contributed by atoms with Gasteiger partial charge in [-0.05, 0) is 24.3 Å². The number of hydrogen-bond donors (Lipinski definition) is 1. The summed E-state index contributed by atoms with van der Waals surface area (Å²) in [6.07, 6.45) is 0. The van der Waals surface area contributed by atoms with Gasteiger partial charge in [0.2, 0.25) is 0 Å². The number of carbonyl (C=O) groups is 1. The zero-order chi connectivity index (χ0) is 17.9. The van der Waals surface area contributed by atoms with Crippen LogP contribution < -0.4 is 9.64 Å². The molecule has 2 heterocycles. The first-order chi connectivity index (χ1) is 12.7. The maximum absolute atomic E-state index is 12.8. The van der Waals surface area contributed by atoms with Gasteiger partial charge in [-0.25, -0.2) is 4.98 Å². The highest BCUT2D eigenvalue weighted by molar-refractivity contribution is 7.18. The first kappa shape index (κ1) is 17.0. The van der Waals surface area contributed by atoms with Crippen LogP contribution in [0.5, 0.6) is 5.75 Å². The van der Waals surface area contributed by atoms with Crippen LogP contribution >= 0.6 is 11.3 Å². The molecule has 0 radical (unpaired) electrons. The number of quaternary nitrogens is 1. The lowest BCUT2D eigenvalue weighted by molar-refractivity contribution is -0.917. The molecule has 0 bridgehead atoms. The third kappa shape index (κ3) is 3.43. The molecule has 0 atom stereocenters. The van der Waals surface area contributed by atoms with E-state index in [1.807, 2.05) is 35.2 Å². The fraction of sp³-hybridized carbons (Fsp3) is 0.300. The molecule has 0 unspecified atom stereocenters. The van der Waals surface area contributed by atoms with Gasteiger partial charge in [0, 0.05) is 0 Å². The average molecular weight is 368 g/mol. The van der Waals surface area contributed by atoms with E-state index in [2.05, 4.69) is 18.2 Å². The van der Waals surface area contributed by atoms with Crippen LogP contribution in [0.15, 0.2) is 48.5 Å². The molecule has 0 spiro atoms. The number of nitrogens with one attached hydrogen (secondary N) is 1. The van der Waals surface area contributed by atoms with E-state index in [1.165, 1.54) is 14.6 Å². The Balaban J connectivity index is 1.38. The highest BCUT2D eigenvalue weighted by atomic mass is 32.1. The lowest BCUT2D eigenvalue weighted by Crippen LogP contribution is -3.13. The molecule has 0 saturated carbocycles. The number of ether oxygens (including phenoxy) is 1. The van der Waals surface area contributed by atoms with E-state index in [9.17, 15) is 4.79 Å². The van der Waals surface area contributed by atoms with Gasteiger partial charge in [-0.1, -0.05) is 24.3 Å². The Morgan fingerprint density at radius 2 is 1.88 bits per heavy atom. The van der Waals surface area contributed by atoms with E-state index in [-0.39, 0.29) is 5.91 Å². The van der Waals surface area contributed by atoms with Crippen molar-refractivity contribution in [1.82, 2.24) is 9.88 Å². The number of carbonyl (C=O) groups excluding carboxylic acids is 1. The number of thiazole rings is 1. The summed E-state index contributed by atoms with van der Waals surface area (Å²) in [4.78, 5) is 20.9. The van der Waals surface area contributed by atoms with Gasteiger partial charge >= 0.3 is 0 Å². The second kappa shape index (κ2) is 7.43. The average Bonchev–Trinajstić information content (AvgIpc) is 3.10. The van der Waals surface area contributed by atoms with E-state index in [4.69, 9.17) is 9.72 Å². The van der Waals surface area contributed by atoms with Gasteiger partial charge in [0.1, 0.15) is 17.3 Å². The summed E-state index contributed by atoms with van der Waals surface area (Å²) in [6, 6.07) is 15.7. The molecular weight excluding hydrogens is 346 g/mol. The van der Waals surface area contributed by atoms with E-state index < -0.39 is 0 Å². The Labute approximate surface area is 156 Å². The quantitative estimate of drug-likeness (QED) is 0.765. The number of fused-ring (bicyclic) bond motifs is 1. The number of methoxy groups -OCH3 is 1. The number of piperazine rings is 1. The second-order valence-corrected chi connectivity index (χ2v) is 7.61. The maximum Gasteiger partial charge on any atom is 0.258 e. The summed E-state index contributed by atoms with van der Waals surface area (Å²) in [5, 5.41) is 1.17. The smallest absolute Gasteiger partial charge is 0.258 e. The van der Waals surface area contributed by atoms with Gasteiger partial charge in [-0.2, -0.15) is 0 Å². The number of hydrogen-bond acceptors (Lipinski definition) is 4. The summed E-state index contributed by atoms with van der Waals surface area (Å²) in [7, 11) is 1.60. The molecule has 4 rings (SSSR count). The van der Waals surface area contributed by atoms with Crippen LogP contribution in [0.1, 0.15) is 15.4 Å². The zero-order valence-corrected chi connectivity index (χ0v) is 15.6. The lowest BCUT2D eigenvalue weighted by Gasteiger charge is -2.32. The van der Waals surface area contributed by atoms with E-state index in [0.717, 1.165) is 38.2 Å². The highest BCUT2D eigenvalue weighted by Gasteiger charge is 2.26. The zero-order valence-electron chi connectivity index (χ0n) is 14.8. The summed E-state index contributed by atoms with van der Waals surface area (Å²) in [5.41, 5.74) is 1.72. The second-order valence-electron chi connectivity index (χ2n) is 6.49. The summed E-state index contributed by atoms with van der Waals surface area (Å²) in [5.74, 6) is 0.697. The number of para-hydroxylation sites is 2. The Morgan fingerprint density at radius 3 is 2.65 bits per heavy atom. The Morgan fingerprint density at radius 1 is 1.15 bits per heavy atom. The molecule has 3 aromatic rings. The van der Waals surface area contributed by atoms with E-state index in [1.54, 1.807) is 18.4 Å². The predicted octanol–water partition coefficient (Wildman–Crippen LogP) is 1.85. The Bertz CT molecular complexity index is 883. The van der Waals surface area contributed by atoms with Crippen LogP contribution in [0.3, 0.4) is 0 Å². The maximum atomic E-state index is 12.8. The summed E-state index contributed by atoms with van der Waals surface area (Å²) < 4.78 is 6.57. The van der Waals surface area contributed by atoms with Crippen molar-refractivity contribution >= 4 is 27.5 Å². The fourth-order valence-electron chi connectivity index (χ4n) is 3.40. The third-order valence-corrected chi connectivity index (χ3v) is 5.87. The molecule has 1 aromatic heterocycles. The van der Waals surface area contributed by atoms with Gasteiger partial charge in [0.15, 0.2) is 0 Å². The van der Waals surface area contributed by atoms with Gasteiger partial charge in [0.25, 0.3) is 5.91 Å². The van der Waals surface area contributed by atoms with Crippen LogP contribution in [0.2, 0.25) is 0 Å². The van der Waals surface area contributed by atoms with E-state index >= 15 is 0 Å². The third-order valence-electron chi connectivity index (χ3n) is 4.83. The summed E-state index contributed by atoms with van der Waals surface area (Å²) in [6.45, 7) is 4.33. The lowest BCUT2D eigenvalue weighted by atomic mass is 10.1. The van der Waals surface area contributed by atoms with Crippen molar-refractivity contribution in [2.24, 2.45) is 0 Å². The molecule has 5 nitrogen and oxygen atoms in total. The Hall–Kier alpha value is -2.44. The predicted molar refractivity (Wildman–Crippen MR) is 103 cm³/mol. The molecule has 26 heavy (non-hydrogen) atoms. The van der Waals surface area contributed by atoms with Crippen molar-refractivity contribution in [3.63, 3.8) is 0 Å². The molecule has 2 aromatic carbocycles. The minimum Gasteiger partial charge on any atom is -0.496 e. The molecule has 1 aliphatic rings. The van der Waals surface area contributed by atoms with Crippen molar-refractivity contribution in [3.8, 4) is 5.75 Å². The topological polar surface area (TPSA) is 46.9 Å². The van der Waals surface area contributed by atoms with Crippen molar-refractivity contribution in [2.45, 2.75) is 6.54 Å². The first-order valence-electron chi connectivity index (χ1n) is 8.85. The van der Waals surface area contributed by atoms with Gasteiger partial charge < -0.3 is 14.5 Å². The van der Waals surface area contributed by atoms with Gasteiger partial charge in [0.05, 0.1) is 49.1 Å². The van der Waals surface area contributed by atoms with Gasteiger partial charge in [-0.3, -0.25) is 4.79 Å². The molecule has 6 heteroatoms. The number of nitrogens with zero attached hydrogens (tertiary/aromatic N) is 2. The SMILES string of the molecule is COc1ccccc1C(=O)N1CC[NH+](Cc2nc3ccccc3s2)CC1. The monoisotopic (exact) mass is 368 g/mol. The number of amides is 1. The van der Waals surface area contributed by atoms with Crippen LogP contribution in [-0.2, 0) is 6.54 Å². The largest absolute Gasteiger partial charge is 0.496 e. The van der Waals surface area contributed by atoms with Crippen molar-refractivity contribution in [2.75, 3.05) is 33.3 Å². The van der Waals surface area contributed by atoms with Crippen LogP contribution in [0, 0.1) is 0 Å².